The summed E-state index contributed by atoms with van der Waals surface area (Å²) >= 11 is 0. The molecule has 4 rings (SSSR count). The van der Waals surface area contributed by atoms with E-state index in [1.165, 1.54) is 0 Å². The van der Waals surface area contributed by atoms with E-state index in [0.29, 0.717) is 22.6 Å². The second-order valence-corrected chi connectivity index (χ2v) is 7.48. The van der Waals surface area contributed by atoms with Crippen molar-refractivity contribution in [1.29, 1.82) is 0 Å². The molecule has 1 aromatic heterocycles. The Morgan fingerprint density at radius 2 is 1.71 bits per heavy atom. The average molecular weight is 413 g/mol. The van der Waals surface area contributed by atoms with E-state index in [1.807, 2.05) is 62.4 Å². The number of aromatic nitrogens is 2. The molecule has 1 atom stereocenters. The Labute approximate surface area is 180 Å². The highest BCUT2D eigenvalue weighted by Gasteiger charge is 2.22. The predicted molar refractivity (Wildman–Crippen MR) is 121 cm³/mol. The normalized spacial score (nSPS) is 11.8. The minimum atomic E-state index is -0.960. The first-order valence-electron chi connectivity index (χ1n) is 10.1. The number of ether oxygens (including phenoxy) is 1. The number of anilines is 1. The summed E-state index contributed by atoms with van der Waals surface area (Å²) in [6.45, 7) is 5.53. The number of hydrogen-bond donors (Lipinski definition) is 2. The molecule has 0 saturated heterocycles. The van der Waals surface area contributed by atoms with E-state index in [0.717, 1.165) is 22.2 Å². The van der Waals surface area contributed by atoms with Crippen molar-refractivity contribution in [2.45, 2.75) is 26.9 Å². The summed E-state index contributed by atoms with van der Waals surface area (Å²) in [6.07, 6.45) is -0.960. The zero-order valence-electron chi connectivity index (χ0n) is 17.6. The number of esters is 1. The van der Waals surface area contributed by atoms with Gasteiger partial charge in [0, 0.05) is 11.3 Å². The Balaban J connectivity index is 1.52. The molecule has 0 bridgehead atoms. The Bertz CT molecular complexity index is 1240. The number of imidazole rings is 1. The molecule has 0 spiro atoms. The monoisotopic (exact) mass is 413 g/mol. The number of para-hydroxylation sites is 2. The van der Waals surface area contributed by atoms with Gasteiger partial charge in [-0.05, 0) is 62.2 Å². The Kier molecular flexibility index (Phi) is 5.54. The van der Waals surface area contributed by atoms with Crippen molar-refractivity contribution in [2.24, 2.45) is 0 Å². The van der Waals surface area contributed by atoms with E-state index in [4.69, 9.17) is 4.74 Å². The number of benzene rings is 3. The zero-order chi connectivity index (χ0) is 22.0. The Hall–Kier alpha value is -3.93. The lowest BCUT2D eigenvalue weighted by molar-refractivity contribution is -0.123. The molecule has 6 heteroatoms. The molecule has 4 aromatic rings. The first-order chi connectivity index (χ1) is 14.9. The first-order valence-corrected chi connectivity index (χ1v) is 10.1. The minimum absolute atomic E-state index is 0.340. The van der Waals surface area contributed by atoms with Crippen molar-refractivity contribution in [3.8, 4) is 11.4 Å². The quantitative estimate of drug-likeness (QED) is 0.450. The van der Waals surface area contributed by atoms with Gasteiger partial charge in [-0.3, -0.25) is 4.79 Å². The van der Waals surface area contributed by atoms with E-state index < -0.39 is 18.0 Å². The van der Waals surface area contributed by atoms with Crippen LogP contribution >= 0.6 is 0 Å². The minimum Gasteiger partial charge on any atom is -0.449 e. The third kappa shape index (κ3) is 4.33. The molecule has 0 radical (unpaired) electrons. The van der Waals surface area contributed by atoms with Crippen LogP contribution in [0.15, 0.2) is 66.7 Å². The van der Waals surface area contributed by atoms with Crippen LogP contribution in [0, 0.1) is 13.8 Å². The van der Waals surface area contributed by atoms with Gasteiger partial charge >= 0.3 is 5.97 Å². The summed E-state index contributed by atoms with van der Waals surface area (Å²) in [5.41, 5.74) is 5.52. The number of carbonyl (C=O) groups is 2. The molecule has 6 nitrogen and oxygen atoms in total. The number of amides is 1. The Morgan fingerprint density at radius 1 is 0.968 bits per heavy atom. The smallest absolute Gasteiger partial charge is 0.339 e. The van der Waals surface area contributed by atoms with Gasteiger partial charge in [0.25, 0.3) is 5.91 Å². The topological polar surface area (TPSA) is 84.1 Å². The summed E-state index contributed by atoms with van der Waals surface area (Å²) in [7, 11) is 0. The fourth-order valence-electron chi connectivity index (χ4n) is 3.29. The number of H-pyrrole nitrogens is 1. The summed E-state index contributed by atoms with van der Waals surface area (Å²) in [5, 5.41) is 2.80. The first kappa shape index (κ1) is 20.3. The van der Waals surface area contributed by atoms with Crippen LogP contribution < -0.4 is 5.32 Å². The van der Waals surface area contributed by atoms with Crippen LogP contribution in [-0.2, 0) is 9.53 Å². The number of aromatic amines is 1. The lowest BCUT2D eigenvalue weighted by Gasteiger charge is -2.15. The number of nitrogens with one attached hydrogen (secondary N) is 2. The van der Waals surface area contributed by atoms with Gasteiger partial charge < -0.3 is 15.0 Å². The number of rotatable bonds is 5. The highest BCUT2D eigenvalue weighted by atomic mass is 16.5. The zero-order valence-corrected chi connectivity index (χ0v) is 17.6. The molecule has 3 aromatic carbocycles. The van der Waals surface area contributed by atoms with Gasteiger partial charge in [0.1, 0.15) is 5.82 Å². The molecule has 156 valence electrons. The van der Waals surface area contributed by atoms with Gasteiger partial charge in [0.05, 0.1) is 16.6 Å². The van der Waals surface area contributed by atoms with Crippen molar-refractivity contribution in [3.63, 3.8) is 0 Å². The lowest BCUT2D eigenvalue weighted by Crippen LogP contribution is -2.30. The van der Waals surface area contributed by atoms with Crippen LogP contribution in [0.3, 0.4) is 0 Å². The van der Waals surface area contributed by atoms with Crippen molar-refractivity contribution >= 4 is 28.6 Å². The highest BCUT2D eigenvalue weighted by Crippen LogP contribution is 2.25. The second-order valence-electron chi connectivity index (χ2n) is 7.48. The molecular weight excluding hydrogens is 390 g/mol. The van der Waals surface area contributed by atoms with Crippen LogP contribution in [-0.4, -0.2) is 27.9 Å². The second kappa shape index (κ2) is 8.44. The van der Waals surface area contributed by atoms with Crippen molar-refractivity contribution in [3.05, 3.63) is 83.4 Å². The molecule has 0 aliphatic heterocycles. The van der Waals surface area contributed by atoms with Gasteiger partial charge in [0.2, 0.25) is 0 Å². The maximum Gasteiger partial charge on any atom is 0.339 e. The number of aryl methyl sites for hydroxylation is 2. The molecule has 1 amide bonds. The van der Waals surface area contributed by atoms with Gasteiger partial charge in [-0.15, -0.1) is 0 Å². The van der Waals surface area contributed by atoms with E-state index in [1.54, 1.807) is 25.1 Å². The van der Waals surface area contributed by atoms with E-state index >= 15 is 0 Å². The maximum absolute atomic E-state index is 12.9. The number of hydrogen-bond acceptors (Lipinski definition) is 4. The van der Waals surface area contributed by atoms with E-state index in [2.05, 4.69) is 15.3 Å². The molecule has 1 unspecified atom stereocenters. The highest BCUT2D eigenvalue weighted by molar-refractivity contribution is 6.00. The van der Waals surface area contributed by atoms with Gasteiger partial charge in [-0.25, -0.2) is 9.78 Å². The largest absolute Gasteiger partial charge is 0.449 e. The summed E-state index contributed by atoms with van der Waals surface area (Å²) in [4.78, 5) is 33.2. The van der Waals surface area contributed by atoms with Crippen LogP contribution in [0.1, 0.15) is 28.4 Å². The van der Waals surface area contributed by atoms with Crippen molar-refractivity contribution < 1.29 is 14.3 Å². The number of fused-ring (bicyclic) bond motifs is 1. The summed E-state index contributed by atoms with van der Waals surface area (Å²) < 4.78 is 5.47. The van der Waals surface area contributed by atoms with Crippen LogP contribution in [0.25, 0.3) is 22.4 Å². The third-order valence-corrected chi connectivity index (χ3v) is 5.22. The molecule has 31 heavy (non-hydrogen) atoms. The molecule has 1 heterocycles. The molecule has 2 N–H and O–H groups in total. The fourth-order valence-corrected chi connectivity index (χ4v) is 3.29. The third-order valence-electron chi connectivity index (χ3n) is 5.22. The van der Waals surface area contributed by atoms with Gasteiger partial charge in [-0.1, -0.05) is 36.4 Å². The van der Waals surface area contributed by atoms with Crippen LogP contribution in [0.4, 0.5) is 5.69 Å². The molecular formula is C25H23N3O3. The van der Waals surface area contributed by atoms with Crippen molar-refractivity contribution in [1.82, 2.24) is 9.97 Å². The van der Waals surface area contributed by atoms with Crippen molar-refractivity contribution in [2.75, 3.05) is 5.32 Å². The predicted octanol–water partition coefficient (Wildman–Crippen LogP) is 5.03. The molecule has 0 aliphatic carbocycles. The molecule has 0 aliphatic rings. The number of nitrogens with zero attached hydrogens (tertiary/aromatic N) is 1. The maximum atomic E-state index is 12.9. The SMILES string of the molecule is Cc1ccc(NC(=O)C(C)OC(=O)c2ccccc2-c2nc3ccccc3[nH]2)cc1C. The fraction of sp³-hybridized carbons (Fsp3) is 0.160. The van der Waals surface area contributed by atoms with Crippen LogP contribution in [0.5, 0.6) is 0 Å². The molecule has 0 fully saturated rings. The van der Waals surface area contributed by atoms with E-state index in [9.17, 15) is 9.59 Å². The van der Waals surface area contributed by atoms with E-state index in [-0.39, 0.29) is 0 Å². The number of carbonyl (C=O) groups excluding carboxylic acids is 2. The van der Waals surface area contributed by atoms with Gasteiger partial charge in [0.15, 0.2) is 6.10 Å². The van der Waals surface area contributed by atoms with Gasteiger partial charge in [-0.2, -0.15) is 0 Å². The molecule has 0 saturated carbocycles. The summed E-state index contributed by atoms with van der Waals surface area (Å²) in [5.74, 6) is -0.405. The average Bonchev–Trinajstić information content (AvgIpc) is 3.20. The van der Waals surface area contributed by atoms with Crippen LogP contribution in [0.2, 0.25) is 0 Å². The lowest BCUT2D eigenvalue weighted by atomic mass is 10.1. The summed E-state index contributed by atoms with van der Waals surface area (Å²) in [6, 6.07) is 20.3. The Morgan fingerprint density at radius 3 is 2.48 bits per heavy atom. The standard InChI is InChI=1S/C25H23N3O3/c1-15-12-13-18(14-16(15)2)26-24(29)17(3)31-25(30)20-9-5-4-8-19(20)23-27-21-10-6-7-11-22(21)28-23/h4-14,17H,1-3H3,(H,26,29)(H,27,28).